The monoisotopic (exact) mass is 316 g/mol. The fourth-order valence-corrected chi connectivity index (χ4v) is 4.12. The minimum absolute atomic E-state index is 0.364. The molecule has 3 rings (SSSR count). The van der Waals surface area contributed by atoms with Crippen molar-refractivity contribution in [2.75, 3.05) is 31.6 Å². The molecule has 3 heteroatoms. The molecule has 2 fully saturated rings. The molecule has 1 saturated carbocycles. The number of aliphatic hydroxyl groups excluding tert-OH is 1. The van der Waals surface area contributed by atoms with Gasteiger partial charge in [0.1, 0.15) is 0 Å². The van der Waals surface area contributed by atoms with E-state index in [1.54, 1.807) is 0 Å². The summed E-state index contributed by atoms with van der Waals surface area (Å²) < 4.78 is 0. The third-order valence-corrected chi connectivity index (χ3v) is 6.02. The molecule has 0 atom stereocenters. The van der Waals surface area contributed by atoms with Gasteiger partial charge in [0, 0.05) is 31.4 Å². The van der Waals surface area contributed by atoms with Crippen LogP contribution in [0.1, 0.15) is 50.5 Å². The molecular weight excluding hydrogens is 284 g/mol. The lowest BCUT2D eigenvalue weighted by atomic mass is 9.64. The first-order valence-corrected chi connectivity index (χ1v) is 9.36. The van der Waals surface area contributed by atoms with Crippen molar-refractivity contribution >= 4 is 5.69 Å². The fourth-order valence-electron chi connectivity index (χ4n) is 4.12. The van der Waals surface area contributed by atoms with Crippen LogP contribution in [0.15, 0.2) is 24.3 Å². The molecule has 128 valence electrons. The van der Waals surface area contributed by atoms with Crippen molar-refractivity contribution in [3.8, 4) is 0 Å². The standard InChI is InChI=1S/C20H32N2O/c1-17-3-5-18(6-4-17)21-19-7-13-22(14-8-19)15-11-20(12-16-23)9-2-10-20/h3-6,19,21,23H,2,7-16H2,1H3. The summed E-state index contributed by atoms with van der Waals surface area (Å²) in [7, 11) is 0. The average molecular weight is 316 g/mol. The van der Waals surface area contributed by atoms with E-state index in [0.717, 1.165) is 6.42 Å². The van der Waals surface area contributed by atoms with Gasteiger partial charge in [-0.25, -0.2) is 0 Å². The summed E-state index contributed by atoms with van der Waals surface area (Å²) in [4.78, 5) is 2.63. The molecular formula is C20H32N2O. The Morgan fingerprint density at radius 2 is 1.83 bits per heavy atom. The van der Waals surface area contributed by atoms with Gasteiger partial charge in [0.05, 0.1) is 0 Å². The van der Waals surface area contributed by atoms with E-state index in [1.807, 2.05) is 0 Å². The third kappa shape index (κ3) is 4.48. The molecule has 1 heterocycles. The van der Waals surface area contributed by atoms with Gasteiger partial charge in [-0.15, -0.1) is 0 Å². The van der Waals surface area contributed by atoms with Crippen molar-refractivity contribution in [1.82, 2.24) is 4.90 Å². The van der Waals surface area contributed by atoms with Crippen molar-refractivity contribution < 1.29 is 5.11 Å². The second-order valence-corrected chi connectivity index (χ2v) is 7.70. The van der Waals surface area contributed by atoms with Crippen LogP contribution in [0.3, 0.4) is 0 Å². The molecule has 0 unspecified atom stereocenters. The lowest BCUT2D eigenvalue weighted by molar-refractivity contribution is 0.0589. The number of aryl methyl sites for hydroxylation is 1. The lowest BCUT2D eigenvalue weighted by Gasteiger charge is -2.44. The molecule has 0 bridgehead atoms. The van der Waals surface area contributed by atoms with Gasteiger partial charge in [0.25, 0.3) is 0 Å². The van der Waals surface area contributed by atoms with Gasteiger partial charge in [0.2, 0.25) is 0 Å². The highest BCUT2D eigenvalue weighted by Crippen LogP contribution is 2.46. The number of anilines is 1. The zero-order valence-electron chi connectivity index (χ0n) is 14.6. The van der Waals surface area contributed by atoms with Crippen molar-refractivity contribution in [2.45, 2.75) is 57.9 Å². The first-order valence-electron chi connectivity index (χ1n) is 9.36. The summed E-state index contributed by atoms with van der Waals surface area (Å²) in [5.41, 5.74) is 3.05. The Hall–Kier alpha value is -1.06. The fraction of sp³-hybridized carbons (Fsp3) is 0.700. The van der Waals surface area contributed by atoms with Crippen molar-refractivity contribution in [3.05, 3.63) is 29.8 Å². The van der Waals surface area contributed by atoms with E-state index in [9.17, 15) is 5.11 Å². The zero-order chi connectivity index (χ0) is 16.1. The molecule has 0 amide bonds. The van der Waals surface area contributed by atoms with E-state index in [2.05, 4.69) is 41.4 Å². The van der Waals surface area contributed by atoms with E-state index in [-0.39, 0.29) is 0 Å². The maximum absolute atomic E-state index is 9.27. The Balaban J connectivity index is 1.39. The molecule has 2 N–H and O–H groups in total. The number of piperidine rings is 1. The molecule has 2 aliphatic rings. The van der Waals surface area contributed by atoms with E-state index in [1.165, 1.54) is 69.4 Å². The van der Waals surface area contributed by atoms with Gasteiger partial charge in [-0.05, 0) is 69.5 Å². The smallest absolute Gasteiger partial charge is 0.0436 e. The average Bonchev–Trinajstić information content (AvgIpc) is 2.53. The number of nitrogens with zero attached hydrogens (tertiary/aromatic N) is 1. The number of benzene rings is 1. The predicted octanol–water partition coefficient (Wildman–Crippen LogP) is 3.81. The van der Waals surface area contributed by atoms with Crippen LogP contribution < -0.4 is 5.32 Å². The van der Waals surface area contributed by atoms with Crippen molar-refractivity contribution in [1.29, 1.82) is 0 Å². The van der Waals surface area contributed by atoms with Gasteiger partial charge >= 0.3 is 0 Å². The van der Waals surface area contributed by atoms with Crippen LogP contribution >= 0.6 is 0 Å². The largest absolute Gasteiger partial charge is 0.396 e. The molecule has 1 aliphatic heterocycles. The van der Waals surface area contributed by atoms with Gasteiger partial charge in [0.15, 0.2) is 0 Å². The summed E-state index contributed by atoms with van der Waals surface area (Å²) in [6.07, 6.45) is 8.80. The van der Waals surface area contributed by atoms with Crippen LogP contribution in [-0.4, -0.2) is 42.3 Å². The second kappa shape index (κ2) is 7.67. The van der Waals surface area contributed by atoms with E-state index in [0.29, 0.717) is 18.1 Å². The van der Waals surface area contributed by atoms with Crippen molar-refractivity contribution in [2.24, 2.45) is 5.41 Å². The minimum Gasteiger partial charge on any atom is -0.396 e. The third-order valence-electron chi connectivity index (χ3n) is 6.02. The van der Waals surface area contributed by atoms with Crippen LogP contribution in [0, 0.1) is 12.3 Å². The van der Waals surface area contributed by atoms with Gasteiger partial charge < -0.3 is 15.3 Å². The Morgan fingerprint density at radius 3 is 2.39 bits per heavy atom. The zero-order valence-corrected chi connectivity index (χ0v) is 14.6. The minimum atomic E-state index is 0.364. The van der Waals surface area contributed by atoms with E-state index < -0.39 is 0 Å². The highest BCUT2D eigenvalue weighted by Gasteiger charge is 2.36. The molecule has 0 radical (unpaired) electrons. The number of hydrogen-bond acceptors (Lipinski definition) is 3. The molecule has 23 heavy (non-hydrogen) atoms. The van der Waals surface area contributed by atoms with Gasteiger partial charge in [-0.1, -0.05) is 24.1 Å². The highest BCUT2D eigenvalue weighted by atomic mass is 16.3. The number of rotatable bonds is 7. The lowest BCUT2D eigenvalue weighted by Crippen LogP contribution is -2.42. The molecule has 1 saturated heterocycles. The Kier molecular flexibility index (Phi) is 5.60. The molecule has 3 nitrogen and oxygen atoms in total. The summed E-state index contributed by atoms with van der Waals surface area (Å²) >= 11 is 0. The van der Waals surface area contributed by atoms with E-state index in [4.69, 9.17) is 0 Å². The molecule has 0 spiro atoms. The van der Waals surface area contributed by atoms with Crippen LogP contribution in [-0.2, 0) is 0 Å². The number of nitrogens with one attached hydrogen (secondary N) is 1. The quantitative estimate of drug-likeness (QED) is 0.803. The molecule has 1 aliphatic carbocycles. The normalized spacial score (nSPS) is 21.8. The Labute approximate surface area is 141 Å². The number of likely N-dealkylation sites (tertiary alicyclic amines) is 1. The van der Waals surface area contributed by atoms with Crippen LogP contribution in [0.4, 0.5) is 5.69 Å². The first kappa shape index (κ1) is 16.8. The molecule has 1 aromatic carbocycles. The topological polar surface area (TPSA) is 35.5 Å². The SMILES string of the molecule is Cc1ccc(NC2CCN(CCC3(CCO)CCC3)CC2)cc1. The Morgan fingerprint density at radius 1 is 1.13 bits per heavy atom. The predicted molar refractivity (Wildman–Crippen MR) is 96.9 cm³/mol. The first-order chi connectivity index (χ1) is 11.2. The van der Waals surface area contributed by atoms with Crippen LogP contribution in [0.25, 0.3) is 0 Å². The number of aliphatic hydroxyl groups is 1. The summed E-state index contributed by atoms with van der Waals surface area (Å²) in [5, 5.41) is 13.0. The summed E-state index contributed by atoms with van der Waals surface area (Å²) in [5.74, 6) is 0. The summed E-state index contributed by atoms with van der Waals surface area (Å²) in [6, 6.07) is 9.35. The van der Waals surface area contributed by atoms with E-state index >= 15 is 0 Å². The van der Waals surface area contributed by atoms with Crippen molar-refractivity contribution in [3.63, 3.8) is 0 Å². The van der Waals surface area contributed by atoms with Gasteiger partial charge in [-0.3, -0.25) is 0 Å². The second-order valence-electron chi connectivity index (χ2n) is 7.70. The summed E-state index contributed by atoms with van der Waals surface area (Å²) in [6.45, 7) is 6.13. The maximum Gasteiger partial charge on any atom is 0.0436 e. The van der Waals surface area contributed by atoms with Crippen LogP contribution in [0.5, 0.6) is 0 Å². The Bertz CT molecular complexity index is 473. The number of hydrogen-bond donors (Lipinski definition) is 2. The highest BCUT2D eigenvalue weighted by molar-refractivity contribution is 5.45. The van der Waals surface area contributed by atoms with Gasteiger partial charge in [-0.2, -0.15) is 0 Å². The maximum atomic E-state index is 9.27. The molecule has 0 aromatic heterocycles. The van der Waals surface area contributed by atoms with Crippen LogP contribution in [0.2, 0.25) is 0 Å². The molecule has 1 aromatic rings.